The fraction of sp³-hybridized carbons (Fsp3) is 0.611. The zero-order valence-corrected chi connectivity index (χ0v) is 15.6. The Hall–Kier alpha value is -1.14. The van der Waals surface area contributed by atoms with Crippen LogP contribution in [0.5, 0.6) is 0 Å². The topological polar surface area (TPSA) is 54.9 Å². The van der Waals surface area contributed by atoms with Gasteiger partial charge >= 0.3 is 0 Å². The third-order valence-electron chi connectivity index (χ3n) is 5.12. The van der Waals surface area contributed by atoms with Crippen molar-refractivity contribution in [3.05, 3.63) is 16.8 Å². The minimum atomic E-state index is 0.136. The number of rotatable bonds is 4. The number of aryl methyl sites for hydroxylation is 1. The number of thiophene rings is 1. The number of hydrogen-bond donors (Lipinski definition) is 1. The van der Waals surface area contributed by atoms with Crippen molar-refractivity contribution in [2.45, 2.75) is 62.9 Å². The van der Waals surface area contributed by atoms with Crippen LogP contribution in [0.1, 0.15) is 49.5 Å². The van der Waals surface area contributed by atoms with Crippen molar-refractivity contribution in [3.63, 3.8) is 0 Å². The summed E-state index contributed by atoms with van der Waals surface area (Å²) in [6, 6.07) is 0.388. The van der Waals surface area contributed by atoms with E-state index in [4.69, 9.17) is 0 Å². The first-order valence-electron chi connectivity index (χ1n) is 8.88. The van der Waals surface area contributed by atoms with E-state index in [9.17, 15) is 4.79 Å². The second-order valence-corrected chi connectivity index (χ2v) is 9.10. The van der Waals surface area contributed by atoms with E-state index in [1.54, 1.807) is 18.1 Å². The van der Waals surface area contributed by atoms with Gasteiger partial charge in [0.25, 0.3) is 0 Å². The molecule has 0 unspecified atom stereocenters. The number of fused-ring (bicyclic) bond motifs is 3. The van der Waals surface area contributed by atoms with E-state index in [0.717, 1.165) is 41.5 Å². The Morgan fingerprint density at radius 1 is 1.33 bits per heavy atom. The van der Waals surface area contributed by atoms with Crippen LogP contribution in [0.15, 0.2) is 11.4 Å². The van der Waals surface area contributed by atoms with Gasteiger partial charge in [-0.2, -0.15) is 0 Å². The number of hydrogen-bond acceptors (Lipinski definition) is 5. The highest BCUT2D eigenvalue weighted by Gasteiger charge is 2.23. The quantitative estimate of drug-likeness (QED) is 0.661. The smallest absolute Gasteiger partial charge is 0.230 e. The Kier molecular flexibility index (Phi) is 4.77. The molecule has 4 rings (SSSR count). The van der Waals surface area contributed by atoms with Gasteiger partial charge in [-0.25, -0.2) is 9.97 Å². The van der Waals surface area contributed by atoms with E-state index >= 15 is 0 Å². The molecule has 2 aromatic heterocycles. The van der Waals surface area contributed by atoms with E-state index in [0.29, 0.717) is 11.8 Å². The molecule has 4 nitrogen and oxygen atoms in total. The standard InChI is InChI=1S/C18H23N3OS2/c1-11-6-7-13-14(8-11)24-18-16(13)17(19-10-20-18)23-9-15(22)21-12-4-2-3-5-12/h10-12H,2-9H2,1H3,(H,21,22)/t11-/m0/s1. The summed E-state index contributed by atoms with van der Waals surface area (Å²) >= 11 is 3.38. The summed E-state index contributed by atoms with van der Waals surface area (Å²) in [5.74, 6) is 1.34. The number of carbonyl (C=O) groups is 1. The van der Waals surface area contributed by atoms with Gasteiger partial charge < -0.3 is 5.32 Å². The Balaban J connectivity index is 1.50. The first-order chi connectivity index (χ1) is 11.7. The van der Waals surface area contributed by atoms with Crippen molar-refractivity contribution in [1.82, 2.24) is 15.3 Å². The van der Waals surface area contributed by atoms with Gasteiger partial charge in [-0.3, -0.25) is 4.79 Å². The lowest BCUT2D eigenvalue weighted by molar-refractivity contribution is -0.119. The molecule has 1 amide bonds. The third-order valence-corrected chi connectivity index (χ3v) is 7.27. The SMILES string of the molecule is C[C@H]1CCc2c(sc3ncnc(SCC(=O)NC4CCCC4)c23)C1. The van der Waals surface area contributed by atoms with Crippen LogP contribution in [0.4, 0.5) is 0 Å². The number of amides is 1. The molecule has 0 aliphatic heterocycles. The van der Waals surface area contributed by atoms with Gasteiger partial charge in [0, 0.05) is 16.3 Å². The predicted octanol–water partition coefficient (Wildman–Crippen LogP) is 3.97. The molecular formula is C18H23N3OS2. The molecule has 0 spiro atoms. The van der Waals surface area contributed by atoms with Crippen LogP contribution in [-0.4, -0.2) is 27.7 Å². The van der Waals surface area contributed by atoms with Gasteiger partial charge in [-0.1, -0.05) is 31.5 Å². The molecule has 2 aromatic rings. The number of carbonyl (C=O) groups excluding carboxylic acids is 1. The number of thioether (sulfide) groups is 1. The normalized spacial score (nSPS) is 21.1. The maximum atomic E-state index is 12.2. The van der Waals surface area contributed by atoms with Crippen molar-refractivity contribution < 1.29 is 4.79 Å². The van der Waals surface area contributed by atoms with E-state index in [-0.39, 0.29) is 5.91 Å². The molecule has 0 bridgehead atoms. The Morgan fingerprint density at radius 2 is 2.17 bits per heavy atom. The molecule has 6 heteroatoms. The van der Waals surface area contributed by atoms with Gasteiger partial charge in [0.05, 0.1) is 5.75 Å². The Morgan fingerprint density at radius 3 is 3.00 bits per heavy atom. The van der Waals surface area contributed by atoms with E-state index in [2.05, 4.69) is 22.2 Å². The molecule has 0 saturated heterocycles. The average molecular weight is 362 g/mol. The highest BCUT2D eigenvalue weighted by atomic mass is 32.2. The van der Waals surface area contributed by atoms with Crippen LogP contribution < -0.4 is 5.32 Å². The Bertz CT molecular complexity index is 752. The second-order valence-electron chi connectivity index (χ2n) is 7.05. The highest BCUT2D eigenvalue weighted by Crippen LogP contribution is 2.40. The molecule has 1 atom stereocenters. The third kappa shape index (κ3) is 3.31. The monoisotopic (exact) mass is 361 g/mol. The zero-order valence-electron chi connectivity index (χ0n) is 14.0. The first kappa shape index (κ1) is 16.3. The fourth-order valence-corrected chi connectivity index (χ4v) is 6.08. The van der Waals surface area contributed by atoms with E-state index in [1.807, 2.05) is 11.3 Å². The molecule has 1 saturated carbocycles. The minimum Gasteiger partial charge on any atom is -0.353 e. The maximum absolute atomic E-state index is 12.2. The molecule has 2 heterocycles. The molecule has 2 aliphatic carbocycles. The fourth-order valence-electron chi connectivity index (χ4n) is 3.83. The second kappa shape index (κ2) is 7.00. The lowest BCUT2D eigenvalue weighted by Gasteiger charge is -2.18. The van der Waals surface area contributed by atoms with Crippen molar-refractivity contribution in [2.24, 2.45) is 5.92 Å². The zero-order chi connectivity index (χ0) is 16.5. The molecule has 24 heavy (non-hydrogen) atoms. The van der Waals surface area contributed by atoms with Crippen LogP contribution in [0.25, 0.3) is 10.2 Å². The van der Waals surface area contributed by atoms with Gasteiger partial charge in [0.1, 0.15) is 16.2 Å². The van der Waals surface area contributed by atoms with Crippen LogP contribution in [-0.2, 0) is 17.6 Å². The number of nitrogens with zero attached hydrogens (tertiary/aromatic N) is 2. The molecule has 0 aromatic carbocycles. The summed E-state index contributed by atoms with van der Waals surface area (Å²) < 4.78 is 0. The molecular weight excluding hydrogens is 338 g/mol. The minimum absolute atomic E-state index is 0.136. The molecule has 1 N–H and O–H groups in total. The summed E-state index contributed by atoms with van der Waals surface area (Å²) in [5, 5.41) is 5.35. The Labute approximate surface area is 150 Å². The summed E-state index contributed by atoms with van der Waals surface area (Å²) in [5.41, 5.74) is 1.44. The van der Waals surface area contributed by atoms with Crippen molar-refractivity contribution >= 4 is 39.2 Å². The number of aromatic nitrogens is 2. The lowest BCUT2D eigenvalue weighted by atomic mass is 9.89. The largest absolute Gasteiger partial charge is 0.353 e. The summed E-state index contributed by atoms with van der Waals surface area (Å²) in [7, 11) is 0. The molecule has 0 radical (unpaired) electrons. The van der Waals surface area contributed by atoms with Gasteiger partial charge in [-0.15, -0.1) is 11.3 Å². The van der Waals surface area contributed by atoms with Crippen LogP contribution in [0.2, 0.25) is 0 Å². The van der Waals surface area contributed by atoms with Crippen molar-refractivity contribution in [1.29, 1.82) is 0 Å². The summed E-state index contributed by atoms with van der Waals surface area (Å²) in [4.78, 5) is 23.7. The molecule has 1 fully saturated rings. The van der Waals surface area contributed by atoms with E-state index in [1.165, 1.54) is 35.1 Å². The molecule has 2 aliphatic rings. The average Bonchev–Trinajstić information content (AvgIpc) is 3.19. The van der Waals surface area contributed by atoms with Crippen molar-refractivity contribution in [2.75, 3.05) is 5.75 Å². The maximum Gasteiger partial charge on any atom is 0.230 e. The van der Waals surface area contributed by atoms with Crippen LogP contribution in [0.3, 0.4) is 0 Å². The highest BCUT2D eigenvalue weighted by molar-refractivity contribution is 8.00. The van der Waals surface area contributed by atoms with E-state index < -0.39 is 0 Å². The van der Waals surface area contributed by atoms with Crippen LogP contribution >= 0.6 is 23.1 Å². The van der Waals surface area contributed by atoms with Gasteiger partial charge in [0.15, 0.2) is 0 Å². The first-order valence-corrected chi connectivity index (χ1v) is 10.7. The molecule has 128 valence electrons. The summed E-state index contributed by atoms with van der Waals surface area (Å²) in [6.45, 7) is 2.32. The lowest BCUT2D eigenvalue weighted by Crippen LogP contribution is -2.33. The number of nitrogens with one attached hydrogen (secondary N) is 1. The predicted molar refractivity (Wildman–Crippen MR) is 99.7 cm³/mol. The van der Waals surface area contributed by atoms with Gasteiger partial charge in [0.2, 0.25) is 5.91 Å². The summed E-state index contributed by atoms with van der Waals surface area (Å²) in [6.07, 6.45) is 9.89. The van der Waals surface area contributed by atoms with Crippen LogP contribution in [0, 0.1) is 5.92 Å². The van der Waals surface area contributed by atoms with Gasteiger partial charge in [-0.05, 0) is 43.6 Å². The van der Waals surface area contributed by atoms with Crippen molar-refractivity contribution in [3.8, 4) is 0 Å².